The standard InChI is InChI=1S/C16H9N3O6/c20-16-13(9-11-3-1-2-4-14(11)19(23)24)17-15(25-16)10-5-7-12(8-6-10)18(21)22/h1-9H. The first-order valence-corrected chi connectivity index (χ1v) is 6.96. The van der Waals surface area contributed by atoms with Crippen molar-refractivity contribution in [1.82, 2.24) is 0 Å². The van der Waals surface area contributed by atoms with E-state index in [-0.39, 0.29) is 28.5 Å². The minimum atomic E-state index is -0.758. The number of nitro groups is 2. The number of nitro benzene ring substituents is 2. The van der Waals surface area contributed by atoms with E-state index in [4.69, 9.17) is 4.74 Å². The van der Waals surface area contributed by atoms with Crippen LogP contribution in [0.1, 0.15) is 11.1 Å². The lowest BCUT2D eigenvalue weighted by Gasteiger charge is -1.98. The van der Waals surface area contributed by atoms with Crippen molar-refractivity contribution in [2.45, 2.75) is 0 Å². The lowest BCUT2D eigenvalue weighted by atomic mass is 10.1. The van der Waals surface area contributed by atoms with Crippen molar-refractivity contribution in [2.75, 3.05) is 0 Å². The summed E-state index contributed by atoms with van der Waals surface area (Å²) in [6, 6.07) is 11.2. The van der Waals surface area contributed by atoms with Gasteiger partial charge >= 0.3 is 5.97 Å². The Morgan fingerprint density at radius 3 is 2.28 bits per heavy atom. The lowest BCUT2D eigenvalue weighted by Crippen LogP contribution is -2.05. The molecule has 124 valence electrons. The van der Waals surface area contributed by atoms with E-state index in [1.807, 2.05) is 0 Å². The van der Waals surface area contributed by atoms with Crippen LogP contribution in [0.3, 0.4) is 0 Å². The van der Waals surface area contributed by atoms with Crippen LogP contribution < -0.4 is 0 Å². The van der Waals surface area contributed by atoms with Crippen molar-refractivity contribution in [3.63, 3.8) is 0 Å². The number of cyclic esters (lactones) is 1. The van der Waals surface area contributed by atoms with Crippen molar-refractivity contribution >= 4 is 29.3 Å². The van der Waals surface area contributed by atoms with Crippen molar-refractivity contribution in [3.8, 4) is 0 Å². The van der Waals surface area contributed by atoms with E-state index in [1.54, 1.807) is 6.07 Å². The number of rotatable bonds is 4. The molecule has 0 aliphatic carbocycles. The molecular formula is C16H9N3O6. The second-order valence-corrected chi connectivity index (χ2v) is 4.96. The number of para-hydroxylation sites is 1. The number of benzene rings is 2. The molecule has 2 aromatic rings. The quantitative estimate of drug-likeness (QED) is 0.365. The molecule has 0 amide bonds. The maximum atomic E-state index is 11.9. The Labute approximate surface area is 140 Å². The summed E-state index contributed by atoms with van der Waals surface area (Å²) in [6.07, 6.45) is 1.26. The maximum absolute atomic E-state index is 11.9. The van der Waals surface area contributed by atoms with Crippen LogP contribution in [-0.4, -0.2) is 21.7 Å². The number of hydrogen-bond acceptors (Lipinski definition) is 7. The van der Waals surface area contributed by atoms with E-state index in [2.05, 4.69) is 4.99 Å². The van der Waals surface area contributed by atoms with Gasteiger partial charge in [-0.15, -0.1) is 0 Å². The number of ether oxygens (including phenoxy) is 1. The number of hydrogen-bond donors (Lipinski definition) is 0. The fourth-order valence-corrected chi connectivity index (χ4v) is 2.18. The maximum Gasteiger partial charge on any atom is 0.363 e. The monoisotopic (exact) mass is 339 g/mol. The normalized spacial score (nSPS) is 15.0. The van der Waals surface area contributed by atoms with Crippen molar-refractivity contribution in [1.29, 1.82) is 0 Å². The Bertz CT molecular complexity index is 947. The number of non-ortho nitro benzene ring substituents is 1. The number of esters is 1. The highest BCUT2D eigenvalue weighted by Gasteiger charge is 2.25. The largest absolute Gasteiger partial charge is 0.402 e. The topological polar surface area (TPSA) is 125 Å². The molecule has 1 aliphatic heterocycles. The molecule has 0 aromatic heterocycles. The average molecular weight is 339 g/mol. The zero-order chi connectivity index (χ0) is 18.0. The number of aliphatic imine (C=N–C) groups is 1. The Morgan fingerprint density at radius 1 is 0.960 bits per heavy atom. The van der Waals surface area contributed by atoms with Crippen molar-refractivity contribution in [3.05, 3.63) is 85.6 Å². The summed E-state index contributed by atoms with van der Waals surface area (Å²) in [6.45, 7) is 0. The zero-order valence-electron chi connectivity index (χ0n) is 12.5. The lowest BCUT2D eigenvalue weighted by molar-refractivity contribution is -0.385. The van der Waals surface area contributed by atoms with E-state index >= 15 is 0 Å². The molecule has 3 rings (SSSR count). The minimum Gasteiger partial charge on any atom is -0.402 e. The summed E-state index contributed by atoms with van der Waals surface area (Å²) in [7, 11) is 0. The van der Waals surface area contributed by atoms with Gasteiger partial charge in [0.1, 0.15) is 0 Å². The van der Waals surface area contributed by atoms with Crippen LogP contribution in [0.2, 0.25) is 0 Å². The molecule has 9 nitrogen and oxygen atoms in total. The van der Waals surface area contributed by atoms with Gasteiger partial charge in [-0.1, -0.05) is 12.1 Å². The van der Waals surface area contributed by atoms with Crippen LogP contribution in [0.5, 0.6) is 0 Å². The summed E-state index contributed by atoms with van der Waals surface area (Å²) in [4.78, 5) is 36.5. The molecular weight excluding hydrogens is 330 g/mol. The first kappa shape index (κ1) is 16.0. The van der Waals surface area contributed by atoms with Crippen LogP contribution in [0.25, 0.3) is 6.08 Å². The van der Waals surface area contributed by atoms with Crippen molar-refractivity contribution < 1.29 is 19.4 Å². The Morgan fingerprint density at radius 2 is 1.64 bits per heavy atom. The van der Waals surface area contributed by atoms with Gasteiger partial charge in [0.25, 0.3) is 11.4 Å². The molecule has 0 fully saturated rings. The predicted octanol–water partition coefficient (Wildman–Crippen LogP) is 2.85. The van der Waals surface area contributed by atoms with Gasteiger partial charge in [0.2, 0.25) is 5.90 Å². The average Bonchev–Trinajstić information content (AvgIpc) is 2.96. The van der Waals surface area contributed by atoms with Crippen LogP contribution >= 0.6 is 0 Å². The molecule has 0 radical (unpaired) electrons. The van der Waals surface area contributed by atoms with Crippen LogP contribution in [0, 0.1) is 20.2 Å². The minimum absolute atomic E-state index is 0.0234. The highest BCUT2D eigenvalue weighted by Crippen LogP contribution is 2.25. The highest BCUT2D eigenvalue weighted by atomic mass is 16.6. The van der Waals surface area contributed by atoms with Gasteiger partial charge < -0.3 is 4.74 Å². The summed E-state index contributed by atoms with van der Waals surface area (Å²) in [5, 5.41) is 21.7. The smallest absolute Gasteiger partial charge is 0.363 e. The molecule has 0 spiro atoms. The van der Waals surface area contributed by atoms with Gasteiger partial charge in [-0.2, -0.15) is 0 Å². The van der Waals surface area contributed by atoms with Gasteiger partial charge in [-0.25, -0.2) is 9.79 Å². The molecule has 0 unspecified atom stereocenters. The Hall–Kier alpha value is -3.88. The molecule has 0 atom stereocenters. The molecule has 1 aliphatic rings. The van der Waals surface area contributed by atoms with Crippen molar-refractivity contribution in [2.24, 2.45) is 4.99 Å². The second kappa shape index (κ2) is 6.32. The molecule has 25 heavy (non-hydrogen) atoms. The summed E-state index contributed by atoms with van der Waals surface area (Å²) in [5.74, 6) is -0.781. The van der Waals surface area contributed by atoms with E-state index in [0.29, 0.717) is 5.56 Å². The van der Waals surface area contributed by atoms with E-state index in [9.17, 15) is 25.0 Å². The molecule has 0 saturated carbocycles. The second-order valence-electron chi connectivity index (χ2n) is 4.96. The third kappa shape index (κ3) is 3.24. The molecule has 2 aromatic carbocycles. The summed E-state index contributed by atoms with van der Waals surface area (Å²) in [5.41, 5.74) is 0.229. The third-order valence-corrected chi connectivity index (χ3v) is 3.37. The molecule has 1 heterocycles. The van der Waals surface area contributed by atoms with Crippen LogP contribution in [0.15, 0.2) is 59.2 Å². The summed E-state index contributed by atoms with van der Waals surface area (Å²) >= 11 is 0. The fourth-order valence-electron chi connectivity index (χ4n) is 2.18. The Balaban J connectivity index is 1.95. The van der Waals surface area contributed by atoms with E-state index in [0.717, 1.165) is 0 Å². The molecule has 0 N–H and O–H groups in total. The van der Waals surface area contributed by atoms with Crippen LogP contribution in [0.4, 0.5) is 11.4 Å². The number of carbonyl (C=O) groups excluding carboxylic acids is 1. The van der Waals surface area contributed by atoms with Gasteiger partial charge in [-0.3, -0.25) is 20.2 Å². The predicted molar refractivity (Wildman–Crippen MR) is 86.8 cm³/mol. The van der Waals surface area contributed by atoms with E-state index < -0.39 is 15.8 Å². The van der Waals surface area contributed by atoms with Gasteiger partial charge in [0.05, 0.1) is 15.4 Å². The zero-order valence-corrected chi connectivity index (χ0v) is 12.5. The van der Waals surface area contributed by atoms with Gasteiger partial charge in [0, 0.05) is 23.8 Å². The fraction of sp³-hybridized carbons (Fsp3) is 0. The van der Waals surface area contributed by atoms with E-state index in [1.165, 1.54) is 48.5 Å². The highest BCUT2D eigenvalue weighted by molar-refractivity contribution is 6.13. The SMILES string of the molecule is O=C1OC(c2ccc([N+](=O)[O-])cc2)=NC1=Cc1ccccc1[N+](=O)[O-]. The Kier molecular flexibility index (Phi) is 4.04. The van der Waals surface area contributed by atoms with Crippen LogP contribution in [-0.2, 0) is 9.53 Å². The molecule has 9 heteroatoms. The summed E-state index contributed by atoms with van der Waals surface area (Å²) < 4.78 is 5.04. The van der Waals surface area contributed by atoms with Gasteiger partial charge in [0.15, 0.2) is 5.70 Å². The first-order valence-electron chi connectivity index (χ1n) is 6.96. The number of carbonyl (C=O) groups is 1. The molecule has 0 bridgehead atoms. The third-order valence-electron chi connectivity index (χ3n) is 3.37. The number of nitrogens with zero attached hydrogens (tertiary/aromatic N) is 3. The molecule has 0 saturated heterocycles. The first-order chi connectivity index (χ1) is 12.0. The van der Waals surface area contributed by atoms with Gasteiger partial charge in [-0.05, 0) is 24.3 Å².